The number of hydrogen-bond donors (Lipinski definition) is 1. The Morgan fingerprint density at radius 2 is 2.12 bits per heavy atom. The van der Waals surface area contributed by atoms with Crippen LogP contribution in [0.5, 0.6) is 11.5 Å². The van der Waals surface area contributed by atoms with Crippen LogP contribution in [0.15, 0.2) is 40.8 Å². The number of nitrogens with zero attached hydrogens (tertiary/aromatic N) is 1. The van der Waals surface area contributed by atoms with Crippen LogP contribution in [0.25, 0.3) is 0 Å². The molecule has 6 heteroatoms. The molecule has 0 bridgehead atoms. The lowest BCUT2D eigenvalue weighted by molar-refractivity contribution is 0.0959. The highest BCUT2D eigenvalue weighted by atomic mass is 32.1. The Hall–Kier alpha value is -2.34. The number of carbonyl (C=O) groups excluding carboxylic acids is 1. The zero-order valence-corrected chi connectivity index (χ0v) is 14.9. The van der Waals surface area contributed by atoms with E-state index in [1.807, 2.05) is 36.6 Å². The first kappa shape index (κ1) is 18.0. The molecule has 0 fully saturated rings. The summed E-state index contributed by atoms with van der Waals surface area (Å²) < 4.78 is 11.4. The van der Waals surface area contributed by atoms with Gasteiger partial charge in [0.2, 0.25) is 0 Å². The second kappa shape index (κ2) is 9.08. The first-order valence-corrected chi connectivity index (χ1v) is 8.74. The Morgan fingerprint density at radius 1 is 1.29 bits per heavy atom. The summed E-state index contributed by atoms with van der Waals surface area (Å²) in [5.41, 5.74) is 3.33. The Balaban J connectivity index is 2.03. The Bertz CT molecular complexity index is 682. The van der Waals surface area contributed by atoms with Crippen LogP contribution < -0.4 is 14.9 Å². The smallest absolute Gasteiger partial charge is 0.281 e. The van der Waals surface area contributed by atoms with Crippen molar-refractivity contribution in [3.05, 3.63) is 46.2 Å². The lowest BCUT2D eigenvalue weighted by Crippen LogP contribution is -2.16. The van der Waals surface area contributed by atoms with E-state index < -0.39 is 0 Å². The van der Waals surface area contributed by atoms with Crippen LogP contribution in [0, 0.1) is 5.92 Å². The molecule has 128 valence electrons. The summed E-state index contributed by atoms with van der Waals surface area (Å²) >= 11 is 1.37. The molecule has 0 aliphatic carbocycles. The van der Waals surface area contributed by atoms with Gasteiger partial charge in [0.1, 0.15) is 0 Å². The topological polar surface area (TPSA) is 59.9 Å². The maximum atomic E-state index is 11.8. The van der Waals surface area contributed by atoms with Gasteiger partial charge in [-0.05, 0) is 48.1 Å². The molecule has 0 saturated carbocycles. The van der Waals surface area contributed by atoms with Gasteiger partial charge in [0.15, 0.2) is 11.5 Å². The fraction of sp³-hybridized carbons (Fsp3) is 0.333. The van der Waals surface area contributed by atoms with Crippen LogP contribution in [-0.2, 0) is 0 Å². The van der Waals surface area contributed by atoms with Crippen molar-refractivity contribution >= 4 is 23.5 Å². The van der Waals surface area contributed by atoms with E-state index in [9.17, 15) is 4.79 Å². The minimum atomic E-state index is -0.219. The molecule has 0 unspecified atom stereocenters. The van der Waals surface area contributed by atoms with Crippen LogP contribution >= 0.6 is 11.3 Å². The summed E-state index contributed by atoms with van der Waals surface area (Å²) in [6, 6.07) is 9.16. The van der Waals surface area contributed by atoms with Crippen molar-refractivity contribution in [2.45, 2.75) is 20.8 Å². The molecule has 2 rings (SSSR count). The molecule has 0 radical (unpaired) electrons. The van der Waals surface area contributed by atoms with E-state index in [1.165, 1.54) is 11.3 Å². The third-order valence-electron chi connectivity index (χ3n) is 2.96. The Morgan fingerprint density at radius 3 is 2.79 bits per heavy atom. The predicted molar refractivity (Wildman–Crippen MR) is 97.3 cm³/mol. The minimum Gasteiger partial charge on any atom is -0.490 e. The number of ether oxygens (including phenoxy) is 2. The molecule has 1 amide bonds. The van der Waals surface area contributed by atoms with Crippen LogP contribution in [0.1, 0.15) is 36.0 Å². The minimum absolute atomic E-state index is 0.219. The van der Waals surface area contributed by atoms with Crippen molar-refractivity contribution < 1.29 is 14.3 Å². The number of rotatable bonds is 8. The number of thiophene rings is 1. The third kappa shape index (κ3) is 5.38. The monoisotopic (exact) mass is 346 g/mol. The summed E-state index contributed by atoms with van der Waals surface area (Å²) in [6.45, 7) is 7.29. The fourth-order valence-electron chi connectivity index (χ4n) is 1.88. The zero-order valence-electron chi connectivity index (χ0n) is 14.1. The number of benzene rings is 1. The summed E-state index contributed by atoms with van der Waals surface area (Å²) in [5, 5.41) is 5.84. The number of carbonyl (C=O) groups is 1. The molecule has 0 aliphatic rings. The van der Waals surface area contributed by atoms with Gasteiger partial charge in [-0.2, -0.15) is 5.10 Å². The quantitative estimate of drug-likeness (QED) is 0.582. The molecule has 0 atom stereocenters. The first-order valence-electron chi connectivity index (χ1n) is 7.86. The van der Waals surface area contributed by atoms with E-state index in [-0.39, 0.29) is 5.91 Å². The molecular formula is C18H22N2O3S. The van der Waals surface area contributed by atoms with Gasteiger partial charge in [0.05, 0.1) is 24.3 Å². The standard InChI is InChI=1S/C18H22N2O3S/c1-4-22-16-10-14(7-8-15(16)23-12-13(2)3)11-19-20-18(21)17-6-5-9-24-17/h5-11,13H,4,12H2,1-3H3,(H,20,21)/b19-11-. The summed E-state index contributed by atoms with van der Waals surface area (Å²) in [5.74, 6) is 1.60. The molecule has 1 aromatic heterocycles. The second-order valence-corrected chi connectivity index (χ2v) is 6.47. The van der Waals surface area contributed by atoms with Crippen molar-refractivity contribution in [1.82, 2.24) is 5.43 Å². The van der Waals surface area contributed by atoms with Gasteiger partial charge in [-0.15, -0.1) is 11.3 Å². The van der Waals surface area contributed by atoms with E-state index in [0.717, 1.165) is 5.56 Å². The Kier molecular flexibility index (Phi) is 6.81. The third-order valence-corrected chi connectivity index (χ3v) is 3.83. The van der Waals surface area contributed by atoms with Crippen molar-refractivity contribution in [2.24, 2.45) is 11.0 Å². The van der Waals surface area contributed by atoms with E-state index in [1.54, 1.807) is 12.3 Å². The average Bonchev–Trinajstić information content (AvgIpc) is 3.08. The number of hydrazone groups is 1. The van der Waals surface area contributed by atoms with Gasteiger partial charge in [-0.3, -0.25) is 4.79 Å². The van der Waals surface area contributed by atoms with E-state index in [4.69, 9.17) is 9.47 Å². The number of hydrogen-bond acceptors (Lipinski definition) is 5. The molecule has 1 heterocycles. The zero-order chi connectivity index (χ0) is 17.4. The van der Waals surface area contributed by atoms with E-state index >= 15 is 0 Å². The summed E-state index contributed by atoms with van der Waals surface area (Å²) in [7, 11) is 0. The molecule has 1 aromatic carbocycles. The molecule has 0 aliphatic heterocycles. The van der Waals surface area contributed by atoms with Crippen LogP contribution in [0.4, 0.5) is 0 Å². The second-order valence-electron chi connectivity index (χ2n) is 5.52. The lowest BCUT2D eigenvalue weighted by atomic mass is 10.2. The van der Waals surface area contributed by atoms with Crippen molar-refractivity contribution in [3.8, 4) is 11.5 Å². The van der Waals surface area contributed by atoms with Gasteiger partial charge >= 0.3 is 0 Å². The molecule has 0 spiro atoms. The van der Waals surface area contributed by atoms with Gasteiger partial charge < -0.3 is 9.47 Å². The van der Waals surface area contributed by atoms with E-state index in [2.05, 4.69) is 24.4 Å². The predicted octanol–water partition coefficient (Wildman–Crippen LogP) is 3.95. The molecule has 2 aromatic rings. The highest BCUT2D eigenvalue weighted by Crippen LogP contribution is 2.28. The van der Waals surface area contributed by atoms with Gasteiger partial charge in [0, 0.05) is 0 Å². The van der Waals surface area contributed by atoms with Crippen LogP contribution in [-0.4, -0.2) is 25.3 Å². The van der Waals surface area contributed by atoms with E-state index in [0.29, 0.717) is 35.5 Å². The average molecular weight is 346 g/mol. The van der Waals surface area contributed by atoms with Crippen LogP contribution in [0.3, 0.4) is 0 Å². The molecule has 5 nitrogen and oxygen atoms in total. The lowest BCUT2D eigenvalue weighted by Gasteiger charge is -2.13. The molecule has 24 heavy (non-hydrogen) atoms. The van der Waals surface area contributed by atoms with Gasteiger partial charge in [-0.25, -0.2) is 5.43 Å². The maximum Gasteiger partial charge on any atom is 0.281 e. The molecule has 0 saturated heterocycles. The first-order chi connectivity index (χ1) is 11.6. The molecular weight excluding hydrogens is 324 g/mol. The number of nitrogens with one attached hydrogen (secondary N) is 1. The number of amides is 1. The summed E-state index contributed by atoms with van der Waals surface area (Å²) in [6.07, 6.45) is 1.58. The molecule has 1 N–H and O–H groups in total. The van der Waals surface area contributed by atoms with Gasteiger partial charge in [-0.1, -0.05) is 19.9 Å². The van der Waals surface area contributed by atoms with Crippen LogP contribution in [0.2, 0.25) is 0 Å². The highest BCUT2D eigenvalue weighted by molar-refractivity contribution is 7.12. The summed E-state index contributed by atoms with van der Waals surface area (Å²) in [4.78, 5) is 12.4. The fourth-order valence-corrected chi connectivity index (χ4v) is 2.49. The van der Waals surface area contributed by atoms with Crippen molar-refractivity contribution in [1.29, 1.82) is 0 Å². The van der Waals surface area contributed by atoms with Crippen molar-refractivity contribution in [2.75, 3.05) is 13.2 Å². The van der Waals surface area contributed by atoms with Crippen molar-refractivity contribution in [3.63, 3.8) is 0 Å². The largest absolute Gasteiger partial charge is 0.490 e. The maximum absolute atomic E-state index is 11.8. The highest BCUT2D eigenvalue weighted by Gasteiger charge is 2.07. The Labute approximate surface area is 146 Å². The SMILES string of the molecule is CCOc1cc(/C=N\NC(=O)c2cccs2)ccc1OCC(C)C. The van der Waals surface area contributed by atoms with Gasteiger partial charge in [0.25, 0.3) is 5.91 Å². The normalized spacial score (nSPS) is 11.0.